The summed E-state index contributed by atoms with van der Waals surface area (Å²) >= 11 is 0. The molecule has 1 aromatic heterocycles. The van der Waals surface area contributed by atoms with Gasteiger partial charge in [0.05, 0.1) is 6.54 Å². The molecule has 0 bridgehead atoms. The van der Waals surface area contributed by atoms with Crippen molar-refractivity contribution in [2.75, 3.05) is 0 Å². The fraction of sp³-hybridized carbons (Fsp3) is 0.353. The summed E-state index contributed by atoms with van der Waals surface area (Å²) in [6, 6.07) is 14.7. The van der Waals surface area contributed by atoms with Crippen LogP contribution in [0.2, 0.25) is 0 Å². The van der Waals surface area contributed by atoms with Crippen LogP contribution in [-0.4, -0.2) is 21.4 Å². The summed E-state index contributed by atoms with van der Waals surface area (Å²) in [7, 11) is 0. The summed E-state index contributed by atoms with van der Waals surface area (Å²) in [5.41, 5.74) is 2.43. The normalized spacial score (nSPS) is 10.8. The number of carbonyl (C=O) groups excluding carboxylic acids is 1. The molecule has 0 N–H and O–H groups in total. The minimum atomic E-state index is 0.118. The predicted octanol–water partition coefficient (Wildman–Crippen LogP) is 3.29. The van der Waals surface area contributed by atoms with Gasteiger partial charge in [-0.2, -0.15) is 0 Å². The van der Waals surface area contributed by atoms with Crippen molar-refractivity contribution < 1.29 is 4.79 Å². The van der Waals surface area contributed by atoms with E-state index in [-0.39, 0.29) is 11.9 Å². The highest BCUT2D eigenvalue weighted by atomic mass is 16.2. The van der Waals surface area contributed by atoms with Crippen LogP contribution in [0.25, 0.3) is 0 Å². The lowest BCUT2D eigenvalue weighted by atomic mass is 10.2. The minimum absolute atomic E-state index is 0.118. The van der Waals surface area contributed by atoms with E-state index in [1.54, 1.807) is 6.92 Å². The molecule has 3 nitrogen and oxygen atoms in total. The third-order valence-corrected chi connectivity index (χ3v) is 3.48. The fourth-order valence-electron chi connectivity index (χ4n) is 2.36. The van der Waals surface area contributed by atoms with Gasteiger partial charge in [0.2, 0.25) is 5.91 Å². The lowest BCUT2D eigenvalue weighted by Gasteiger charge is -2.26. The number of aromatic nitrogens is 1. The zero-order valence-electron chi connectivity index (χ0n) is 12.4. The van der Waals surface area contributed by atoms with Gasteiger partial charge in [-0.25, -0.2) is 0 Å². The maximum absolute atomic E-state index is 11.7. The van der Waals surface area contributed by atoms with Gasteiger partial charge >= 0.3 is 0 Å². The van der Waals surface area contributed by atoms with Crippen LogP contribution in [0.3, 0.4) is 0 Å². The first kappa shape index (κ1) is 14.4. The molecule has 0 aliphatic heterocycles. The van der Waals surface area contributed by atoms with Gasteiger partial charge in [0.15, 0.2) is 0 Å². The van der Waals surface area contributed by atoms with Crippen LogP contribution in [0.15, 0.2) is 48.7 Å². The average molecular weight is 270 g/mol. The van der Waals surface area contributed by atoms with Crippen LogP contribution in [0.1, 0.15) is 32.0 Å². The molecule has 1 heterocycles. The van der Waals surface area contributed by atoms with Crippen LogP contribution < -0.4 is 0 Å². The maximum Gasteiger partial charge on any atom is 0.220 e. The zero-order chi connectivity index (χ0) is 14.5. The quantitative estimate of drug-likeness (QED) is 0.818. The van der Waals surface area contributed by atoms with Gasteiger partial charge in [0.25, 0.3) is 0 Å². The van der Waals surface area contributed by atoms with Crippen molar-refractivity contribution in [3.05, 3.63) is 59.9 Å². The van der Waals surface area contributed by atoms with Crippen LogP contribution in [-0.2, 0) is 17.9 Å². The van der Waals surface area contributed by atoms with Crippen LogP contribution >= 0.6 is 0 Å². The van der Waals surface area contributed by atoms with Crippen LogP contribution in [0.5, 0.6) is 0 Å². The molecule has 1 amide bonds. The van der Waals surface area contributed by atoms with E-state index in [9.17, 15) is 4.79 Å². The minimum Gasteiger partial charge on any atom is -0.345 e. The summed E-state index contributed by atoms with van der Waals surface area (Å²) in [5.74, 6) is 0.118. The van der Waals surface area contributed by atoms with Crippen molar-refractivity contribution in [3.63, 3.8) is 0 Å². The zero-order valence-corrected chi connectivity index (χ0v) is 12.4. The van der Waals surface area contributed by atoms with Gasteiger partial charge < -0.3 is 9.47 Å². The number of carbonyl (C=O) groups is 1. The highest BCUT2D eigenvalue weighted by Gasteiger charge is 2.14. The molecule has 106 valence electrons. The molecule has 2 rings (SSSR count). The molecule has 0 unspecified atom stereocenters. The predicted molar refractivity (Wildman–Crippen MR) is 81.3 cm³/mol. The summed E-state index contributed by atoms with van der Waals surface area (Å²) in [5, 5.41) is 0. The Balaban J connectivity index is 2.14. The second kappa shape index (κ2) is 6.42. The lowest BCUT2D eigenvalue weighted by molar-refractivity contribution is -0.131. The Morgan fingerprint density at radius 3 is 2.45 bits per heavy atom. The molecule has 20 heavy (non-hydrogen) atoms. The number of nitrogens with zero attached hydrogens (tertiary/aromatic N) is 2. The first-order valence-corrected chi connectivity index (χ1v) is 7.03. The molecular weight excluding hydrogens is 248 g/mol. The summed E-state index contributed by atoms with van der Waals surface area (Å²) in [6.07, 6.45) is 2.07. The Morgan fingerprint density at radius 2 is 1.85 bits per heavy atom. The average Bonchev–Trinajstić information content (AvgIpc) is 2.83. The molecule has 0 radical (unpaired) electrons. The monoisotopic (exact) mass is 270 g/mol. The van der Waals surface area contributed by atoms with Gasteiger partial charge in [0.1, 0.15) is 0 Å². The fourth-order valence-corrected chi connectivity index (χ4v) is 2.36. The highest BCUT2D eigenvalue weighted by Crippen LogP contribution is 2.12. The van der Waals surface area contributed by atoms with E-state index in [0.717, 1.165) is 12.2 Å². The van der Waals surface area contributed by atoms with Gasteiger partial charge in [-0.1, -0.05) is 30.3 Å². The van der Waals surface area contributed by atoms with Crippen molar-refractivity contribution >= 4 is 5.91 Å². The Morgan fingerprint density at radius 1 is 1.15 bits per heavy atom. The molecule has 2 aromatic rings. The number of hydrogen-bond donors (Lipinski definition) is 0. The molecule has 0 fully saturated rings. The number of benzene rings is 1. The van der Waals surface area contributed by atoms with Crippen molar-refractivity contribution in [2.45, 2.75) is 39.9 Å². The standard InChI is InChI=1S/C17H22N2O/c1-14(2)19(15(3)20)13-17-10-7-11-18(17)12-16-8-5-4-6-9-16/h4-11,14H,12-13H2,1-3H3. The SMILES string of the molecule is CC(=O)N(Cc1cccn1Cc1ccccc1)C(C)C. The smallest absolute Gasteiger partial charge is 0.220 e. The second-order valence-corrected chi connectivity index (χ2v) is 5.35. The molecule has 0 atom stereocenters. The topological polar surface area (TPSA) is 25.2 Å². The van der Waals surface area contributed by atoms with Crippen molar-refractivity contribution in [3.8, 4) is 0 Å². The third-order valence-electron chi connectivity index (χ3n) is 3.48. The number of rotatable bonds is 5. The first-order valence-electron chi connectivity index (χ1n) is 7.03. The third kappa shape index (κ3) is 3.50. The Hall–Kier alpha value is -2.03. The lowest BCUT2D eigenvalue weighted by Crippen LogP contribution is -2.35. The maximum atomic E-state index is 11.7. The molecule has 0 saturated carbocycles. The van der Waals surface area contributed by atoms with Crippen LogP contribution in [0.4, 0.5) is 0 Å². The van der Waals surface area contributed by atoms with E-state index >= 15 is 0 Å². The van der Waals surface area contributed by atoms with E-state index in [2.05, 4.69) is 41.1 Å². The van der Waals surface area contributed by atoms with Gasteiger partial charge in [-0.05, 0) is 31.5 Å². The van der Waals surface area contributed by atoms with Crippen molar-refractivity contribution in [1.82, 2.24) is 9.47 Å². The Labute approximate surface area is 120 Å². The second-order valence-electron chi connectivity index (χ2n) is 5.35. The van der Waals surface area contributed by atoms with Crippen LogP contribution in [0, 0.1) is 0 Å². The summed E-state index contributed by atoms with van der Waals surface area (Å²) in [6.45, 7) is 7.22. The van der Waals surface area contributed by atoms with E-state index in [4.69, 9.17) is 0 Å². The van der Waals surface area contributed by atoms with Crippen molar-refractivity contribution in [2.24, 2.45) is 0 Å². The molecule has 1 aromatic carbocycles. The molecule has 0 saturated heterocycles. The molecule has 0 spiro atoms. The van der Waals surface area contributed by atoms with E-state index in [0.29, 0.717) is 6.54 Å². The van der Waals surface area contributed by atoms with E-state index < -0.39 is 0 Å². The Kier molecular flexibility index (Phi) is 4.61. The molecular formula is C17H22N2O. The van der Waals surface area contributed by atoms with E-state index in [1.165, 1.54) is 5.56 Å². The molecule has 0 aliphatic rings. The van der Waals surface area contributed by atoms with Gasteiger partial charge in [0, 0.05) is 31.4 Å². The van der Waals surface area contributed by atoms with E-state index in [1.807, 2.05) is 30.9 Å². The first-order chi connectivity index (χ1) is 9.58. The largest absolute Gasteiger partial charge is 0.345 e. The highest BCUT2D eigenvalue weighted by molar-refractivity contribution is 5.73. The van der Waals surface area contributed by atoms with Gasteiger partial charge in [-0.15, -0.1) is 0 Å². The Bertz CT molecular complexity index is 557. The summed E-state index contributed by atoms with van der Waals surface area (Å²) in [4.78, 5) is 13.6. The molecule has 3 heteroatoms. The van der Waals surface area contributed by atoms with Gasteiger partial charge in [-0.3, -0.25) is 4.79 Å². The van der Waals surface area contributed by atoms with Crippen molar-refractivity contribution in [1.29, 1.82) is 0 Å². The number of amides is 1. The molecule has 0 aliphatic carbocycles. The summed E-state index contributed by atoms with van der Waals surface area (Å²) < 4.78 is 2.20. The number of hydrogen-bond acceptors (Lipinski definition) is 1.